The average molecular weight is 233 g/mol. The Kier molecular flexibility index (Phi) is 4.76. The van der Waals surface area contributed by atoms with Crippen LogP contribution in [0.15, 0.2) is 18.2 Å². The summed E-state index contributed by atoms with van der Waals surface area (Å²) < 4.78 is 0. The molecule has 0 bridgehead atoms. The van der Waals surface area contributed by atoms with Crippen LogP contribution in [0.5, 0.6) is 0 Å². The van der Waals surface area contributed by atoms with Crippen molar-refractivity contribution >= 4 is 0 Å². The lowest BCUT2D eigenvalue weighted by atomic mass is 9.80. The molecule has 0 heterocycles. The lowest BCUT2D eigenvalue weighted by molar-refractivity contribution is 0.293. The minimum Gasteiger partial charge on any atom is -0.317 e. The SMILES string of the molecule is CNC(C)CC(C)(C)Cc1cc(C)cc(C)c1. The largest absolute Gasteiger partial charge is 0.317 e. The highest BCUT2D eigenvalue weighted by Gasteiger charge is 2.21. The zero-order chi connectivity index (χ0) is 13.1. The maximum absolute atomic E-state index is 3.33. The van der Waals surface area contributed by atoms with Gasteiger partial charge in [0.15, 0.2) is 0 Å². The molecule has 0 saturated heterocycles. The maximum atomic E-state index is 3.33. The van der Waals surface area contributed by atoms with Crippen LogP contribution >= 0.6 is 0 Å². The van der Waals surface area contributed by atoms with E-state index < -0.39 is 0 Å². The van der Waals surface area contributed by atoms with Gasteiger partial charge in [-0.15, -0.1) is 0 Å². The van der Waals surface area contributed by atoms with E-state index in [2.05, 4.69) is 58.1 Å². The summed E-state index contributed by atoms with van der Waals surface area (Å²) in [5.74, 6) is 0. The molecule has 1 heteroatoms. The van der Waals surface area contributed by atoms with E-state index in [-0.39, 0.29) is 0 Å². The minimum absolute atomic E-state index is 0.350. The Labute approximate surface area is 107 Å². The van der Waals surface area contributed by atoms with Gasteiger partial charge in [-0.1, -0.05) is 43.2 Å². The zero-order valence-electron chi connectivity index (χ0n) is 12.2. The number of hydrogen-bond donors (Lipinski definition) is 1. The van der Waals surface area contributed by atoms with Crippen molar-refractivity contribution in [3.63, 3.8) is 0 Å². The van der Waals surface area contributed by atoms with Gasteiger partial charge in [0.1, 0.15) is 0 Å². The first-order chi connectivity index (χ1) is 7.82. The van der Waals surface area contributed by atoms with E-state index in [9.17, 15) is 0 Å². The average Bonchev–Trinajstić information content (AvgIpc) is 2.13. The molecule has 1 nitrogen and oxygen atoms in total. The van der Waals surface area contributed by atoms with Gasteiger partial charge in [0.2, 0.25) is 0 Å². The van der Waals surface area contributed by atoms with Crippen LogP contribution in [-0.2, 0) is 6.42 Å². The van der Waals surface area contributed by atoms with Gasteiger partial charge in [0.25, 0.3) is 0 Å². The molecule has 0 spiro atoms. The van der Waals surface area contributed by atoms with E-state index in [0.717, 1.165) is 6.42 Å². The first-order valence-electron chi connectivity index (χ1n) is 6.57. The van der Waals surface area contributed by atoms with Gasteiger partial charge < -0.3 is 5.32 Å². The fourth-order valence-corrected chi connectivity index (χ4v) is 2.73. The molecule has 1 aromatic rings. The Balaban J connectivity index is 2.75. The summed E-state index contributed by atoms with van der Waals surface area (Å²) in [5.41, 5.74) is 4.56. The smallest absolute Gasteiger partial charge is 0.00409 e. The van der Waals surface area contributed by atoms with E-state index in [1.54, 1.807) is 0 Å². The van der Waals surface area contributed by atoms with Gasteiger partial charge in [-0.3, -0.25) is 0 Å². The molecule has 0 aliphatic rings. The van der Waals surface area contributed by atoms with Gasteiger partial charge in [0.05, 0.1) is 0 Å². The lowest BCUT2D eigenvalue weighted by Gasteiger charge is -2.28. The molecular formula is C16H27N. The third-order valence-electron chi connectivity index (χ3n) is 3.32. The molecule has 17 heavy (non-hydrogen) atoms. The Bertz CT molecular complexity index is 346. The highest BCUT2D eigenvalue weighted by Crippen LogP contribution is 2.28. The van der Waals surface area contributed by atoms with Gasteiger partial charge in [-0.25, -0.2) is 0 Å². The van der Waals surface area contributed by atoms with Gasteiger partial charge in [0, 0.05) is 6.04 Å². The number of rotatable bonds is 5. The zero-order valence-corrected chi connectivity index (χ0v) is 12.2. The Morgan fingerprint density at radius 1 is 1.12 bits per heavy atom. The number of nitrogens with one attached hydrogen (secondary N) is 1. The van der Waals surface area contributed by atoms with Crippen molar-refractivity contribution in [1.82, 2.24) is 5.32 Å². The molecule has 0 amide bonds. The fraction of sp³-hybridized carbons (Fsp3) is 0.625. The van der Waals surface area contributed by atoms with Gasteiger partial charge in [-0.05, 0) is 51.6 Å². The van der Waals surface area contributed by atoms with Crippen molar-refractivity contribution in [3.8, 4) is 0 Å². The van der Waals surface area contributed by atoms with Crippen molar-refractivity contribution in [2.75, 3.05) is 7.05 Å². The van der Waals surface area contributed by atoms with Crippen LogP contribution in [0.4, 0.5) is 0 Å². The predicted octanol–water partition coefficient (Wildman–Crippen LogP) is 3.87. The standard InChI is InChI=1S/C16H27N/c1-12-7-13(2)9-15(8-12)11-16(4,5)10-14(3)17-6/h7-9,14,17H,10-11H2,1-6H3. The molecule has 0 radical (unpaired) electrons. The molecule has 1 unspecified atom stereocenters. The van der Waals surface area contributed by atoms with Crippen molar-refractivity contribution in [2.45, 2.75) is 53.5 Å². The summed E-state index contributed by atoms with van der Waals surface area (Å²) in [6, 6.07) is 7.46. The summed E-state index contributed by atoms with van der Waals surface area (Å²) in [6.45, 7) is 11.3. The molecule has 0 fully saturated rings. The third kappa shape index (κ3) is 4.91. The summed E-state index contributed by atoms with van der Waals surface area (Å²) >= 11 is 0. The quantitative estimate of drug-likeness (QED) is 0.814. The monoisotopic (exact) mass is 233 g/mol. The fourth-order valence-electron chi connectivity index (χ4n) is 2.73. The van der Waals surface area contributed by atoms with E-state index in [1.165, 1.54) is 23.1 Å². The second-order valence-corrected chi connectivity index (χ2v) is 6.23. The van der Waals surface area contributed by atoms with Crippen molar-refractivity contribution in [2.24, 2.45) is 5.41 Å². The Hall–Kier alpha value is -0.820. The maximum Gasteiger partial charge on any atom is 0.00409 e. The van der Waals surface area contributed by atoms with Crippen LogP contribution in [0.1, 0.15) is 43.9 Å². The Morgan fingerprint density at radius 2 is 1.65 bits per heavy atom. The highest BCUT2D eigenvalue weighted by molar-refractivity contribution is 5.29. The van der Waals surface area contributed by atoms with Gasteiger partial charge in [-0.2, -0.15) is 0 Å². The predicted molar refractivity (Wildman–Crippen MR) is 76.5 cm³/mol. The van der Waals surface area contributed by atoms with Crippen LogP contribution in [-0.4, -0.2) is 13.1 Å². The molecule has 1 rings (SSSR count). The molecule has 0 aliphatic heterocycles. The molecule has 0 aromatic heterocycles. The second-order valence-electron chi connectivity index (χ2n) is 6.23. The number of benzene rings is 1. The summed E-state index contributed by atoms with van der Waals surface area (Å²) in [5, 5.41) is 3.33. The van der Waals surface area contributed by atoms with E-state index in [0.29, 0.717) is 11.5 Å². The highest BCUT2D eigenvalue weighted by atomic mass is 14.9. The van der Waals surface area contributed by atoms with E-state index in [1.807, 2.05) is 7.05 Å². The minimum atomic E-state index is 0.350. The van der Waals surface area contributed by atoms with Gasteiger partial charge >= 0.3 is 0 Å². The molecule has 0 aliphatic carbocycles. The molecular weight excluding hydrogens is 206 g/mol. The van der Waals surface area contributed by atoms with Crippen LogP contribution in [0, 0.1) is 19.3 Å². The first kappa shape index (κ1) is 14.2. The van der Waals surface area contributed by atoms with E-state index in [4.69, 9.17) is 0 Å². The molecule has 1 aromatic carbocycles. The molecule has 0 saturated carbocycles. The number of aryl methyl sites for hydroxylation is 2. The first-order valence-corrected chi connectivity index (χ1v) is 6.57. The molecule has 96 valence electrons. The Morgan fingerprint density at radius 3 is 2.12 bits per heavy atom. The van der Waals surface area contributed by atoms with Crippen LogP contribution < -0.4 is 5.32 Å². The van der Waals surface area contributed by atoms with Crippen molar-refractivity contribution in [3.05, 3.63) is 34.9 Å². The summed E-state index contributed by atoms with van der Waals surface area (Å²) in [4.78, 5) is 0. The molecule has 1 N–H and O–H groups in total. The van der Waals surface area contributed by atoms with Crippen molar-refractivity contribution in [1.29, 1.82) is 0 Å². The van der Waals surface area contributed by atoms with Crippen LogP contribution in [0.2, 0.25) is 0 Å². The van der Waals surface area contributed by atoms with Crippen LogP contribution in [0.25, 0.3) is 0 Å². The van der Waals surface area contributed by atoms with Crippen molar-refractivity contribution < 1.29 is 0 Å². The lowest BCUT2D eigenvalue weighted by Crippen LogP contribution is -2.29. The number of hydrogen-bond acceptors (Lipinski definition) is 1. The molecule has 1 atom stereocenters. The third-order valence-corrected chi connectivity index (χ3v) is 3.32. The summed E-state index contributed by atoms with van der Waals surface area (Å²) in [7, 11) is 2.04. The summed E-state index contributed by atoms with van der Waals surface area (Å²) in [6.07, 6.45) is 2.36. The second kappa shape index (κ2) is 5.68. The topological polar surface area (TPSA) is 12.0 Å². The van der Waals surface area contributed by atoms with Crippen LogP contribution in [0.3, 0.4) is 0 Å². The van der Waals surface area contributed by atoms with E-state index >= 15 is 0 Å². The normalized spacial score (nSPS) is 13.8.